The lowest BCUT2D eigenvalue weighted by molar-refractivity contribution is 0.468. The van der Waals surface area contributed by atoms with Gasteiger partial charge in [0.15, 0.2) is 0 Å². The van der Waals surface area contributed by atoms with Crippen LogP contribution in [0.1, 0.15) is 5.56 Å². The molecule has 3 rings (SSSR count). The Morgan fingerprint density at radius 3 is 2.12 bits per heavy atom. The van der Waals surface area contributed by atoms with Crippen LogP contribution in [0.2, 0.25) is 10.0 Å². The summed E-state index contributed by atoms with van der Waals surface area (Å²) in [6.07, 6.45) is 0. The van der Waals surface area contributed by atoms with E-state index in [2.05, 4.69) is 0 Å². The van der Waals surface area contributed by atoms with Gasteiger partial charge in [0, 0.05) is 15.6 Å². The molecule has 0 radical (unpaired) electrons. The summed E-state index contributed by atoms with van der Waals surface area (Å²) in [6, 6.07) is 19.1. The van der Waals surface area contributed by atoms with Gasteiger partial charge < -0.3 is 5.11 Å². The molecule has 0 aromatic heterocycles. The molecule has 134 valence electrons. The van der Waals surface area contributed by atoms with Gasteiger partial charge >= 0.3 is 0 Å². The number of para-hydroxylation sites is 1. The Morgan fingerprint density at radius 2 is 1.46 bits per heavy atom. The summed E-state index contributed by atoms with van der Waals surface area (Å²) in [4.78, 5) is 0.104. The Morgan fingerprint density at radius 1 is 0.846 bits per heavy atom. The third-order valence-electron chi connectivity index (χ3n) is 3.80. The van der Waals surface area contributed by atoms with Crippen molar-refractivity contribution in [3.8, 4) is 5.75 Å². The summed E-state index contributed by atoms with van der Waals surface area (Å²) >= 11 is 11.9. The zero-order valence-corrected chi connectivity index (χ0v) is 15.8. The van der Waals surface area contributed by atoms with Crippen molar-refractivity contribution < 1.29 is 13.5 Å². The van der Waals surface area contributed by atoms with E-state index in [1.807, 2.05) is 0 Å². The van der Waals surface area contributed by atoms with E-state index >= 15 is 0 Å². The fourth-order valence-corrected chi connectivity index (χ4v) is 4.24. The van der Waals surface area contributed by atoms with Crippen molar-refractivity contribution >= 4 is 38.9 Å². The van der Waals surface area contributed by atoms with Gasteiger partial charge in [-0.1, -0.05) is 41.4 Å². The monoisotopic (exact) mass is 407 g/mol. The molecule has 7 heteroatoms. The smallest absolute Gasteiger partial charge is 0.264 e. The zero-order valence-electron chi connectivity index (χ0n) is 13.5. The molecule has 26 heavy (non-hydrogen) atoms. The molecule has 1 N–H and O–H groups in total. The maximum Gasteiger partial charge on any atom is 0.264 e. The van der Waals surface area contributed by atoms with Crippen molar-refractivity contribution in [3.63, 3.8) is 0 Å². The number of nitrogens with zero attached hydrogens (tertiary/aromatic N) is 1. The Hall–Kier alpha value is -2.21. The molecule has 0 saturated carbocycles. The van der Waals surface area contributed by atoms with Gasteiger partial charge in [-0.15, -0.1) is 0 Å². The normalized spacial score (nSPS) is 11.3. The molecule has 0 bridgehead atoms. The van der Waals surface area contributed by atoms with Gasteiger partial charge in [-0.25, -0.2) is 8.42 Å². The van der Waals surface area contributed by atoms with Crippen LogP contribution in [0.25, 0.3) is 0 Å². The highest BCUT2D eigenvalue weighted by Crippen LogP contribution is 2.30. The third-order valence-corrected chi connectivity index (χ3v) is 6.08. The number of aromatic hydroxyl groups is 1. The van der Waals surface area contributed by atoms with Crippen LogP contribution < -0.4 is 4.31 Å². The Balaban J connectivity index is 2.09. The van der Waals surface area contributed by atoms with Gasteiger partial charge in [-0.05, 0) is 54.6 Å². The lowest BCUT2D eigenvalue weighted by atomic mass is 10.2. The number of hydrogen-bond acceptors (Lipinski definition) is 3. The molecule has 0 heterocycles. The number of hydrogen-bond donors (Lipinski definition) is 1. The van der Waals surface area contributed by atoms with Crippen LogP contribution >= 0.6 is 23.2 Å². The first-order chi connectivity index (χ1) is 12.4. The highest BCUT2D eigenvalue weighted by Gasteiger charge is 2.26. The van der Waals surface area contributed by atoms with E-state index in [4.69, 9.17) is 23.2 Å². The SMILES string of the molecule is O=S(=O)(c1ccc(Cl)cc1)N(Cc1cc(Cl)ccc1O)c1ccccc1. The van der Waals surface area contributed by atoms with E-state index < -0.39 is 10.0 Å². The standard InChI is InChI=1S/C19H15Cl2NO3S/c20-15-6-9-18(10-7-15)26(24,25)22(17-4-2-1-3-5-17)13-14-12-16(21)8-11-19(14)23/h1-12,23H,13H2. The highest BCUT2D eigenvalue weighted by atomic mass is 35.5. The molecule has 0 fully saturated rings. The van der Waals surface area contributed by atoms with Gasteiger partial charge in [-0.3, -0.25) is 4.31 Å². The Bertz CT molecular complexity index is 1010. The number of sulfonamides is 1. The van der Waals surface area contributed by atoms with Crippen LogP contribution in [0.15, 0.2) is 77.7 Å². The van der Waals surface area contributed by atoms with Crippen LogP contribution in [0.4, 0.5) is 5.69 Å². The van der Waals surface area contributed by atoms with Crippen LogP contribution in [-0.4, -0.2) is 13.5 Å². The molecular formula is C19H15Cl2NO3S. The average Bonchev–Trinajstić information content (AvgIpc) is 2.63. The molecule has 0 atom stereocenters. The number of phenolic OH excluding ortho intramolecular Hbond substituents is 1. The van der Waals surface area contributed by atoms with E-state index in [0.29, 0.717) is 21.3 Å². The predicted octanol–water partition coefficient (Wildman–Crippen LogP) is 5.09. The molecule has 0 saturated heterocycles. The second-order valence-electron chi connectivity index (χ2n) is 5.57. The number of benzene rings is 3. The second kappa shape index (κ2) is 7.58. The molecule has 0 aliphatic rings. The average molecular weight is 408 g/mol. The van der Waals surface area contributed by atoms with Crippen molar-refractivity contribution in [2.75, 3.05) is 4.31 Å². The van der Waals surface area contributed by atoms with E-state index in [0.717, 1.165) is 0 Å². The second-order valence-corrected chi connectivity index (χ2v) is 8.31. The molecule has 0 spiro atoms. The lowest BCUT2D eigenvalue weighted by Gasteiger charge is -2.25. The Labute approximate surface area is 162 Å². The molecule has 0 aliphatic carbocycles. The molecule has 3 aromatic rings. The summed E-state index contributed by atoms with van der Waals surface area (Å²) in [5, 5.41) is 11.0. The summed E-state index contributed by atoms with van der Waals surface area (Å²) < 4.78 is 27.6. The maximum atomic E-state index is 13.2. The van der Waals surface area contributed by atoms with Crippen molar-refractivity contribution in [1.82, 2.24) is 0 Å². The van der Waals surface area contributed by atoms with Crippen molar-refractivity contribution in [3.05, 3.63) is 88.4 Å². The van der Waals surface area contributed by atoms with E-state index in [1.165, 1.54) is 34.6 Å². The van der Waals surface area contributed by atoms with Crippen LogP contribution in [0, 0.1) is 0 Å². The number of anilines is 1. The molecule has 4 nitrogen and oxygen atoms in total. The topological polar surface area (TPSA) is 57.6 Å². The first-order valence-corrected chi connectivity index (χ1v) is 9.88. The minimum absolute atomic E-state index is 0.0263. The van der Waals surface area contributed by atoms with E-state index in [1.54, 1.807) is 42.5 Å². The quantitative estimate of drug-likeness (QED) is 0.640. The number of rotatable bonds is 5. The van der Waals surface area contributed by atoms with Gasteiger partial charge in [0.1, 0.15) is 5.75 Å². The minimum atomic E-state index is -3.88. The molecule has 0 amide bonds. The lowest BCUT2D eigenvalue weighted by Crippen LogP contribution is -2.30. The van der Waals surface area contributed by atoms with E-state index in [9.17, 15) is 13.5 Å². The fraction of sp³-hybridized carbons (Fsp3) is 0.0526. The summed E-state index contributed by atoms with van der Waals surface area (Å²) in [7, 11) is -3.88. The third kappa shape index (κ3) is 3.96. The maximum absolute atomic E-state index is 13.2. The van der Waals surface area contributed by atoms with Crippen molar-refractivity contribution in [2.24, 2.45) is 0 Å². The van der Waals surface area contributed by atoms with Crippen LogP contribution in [0.5, 0.6) is 5.75 Å². The van der Waals surface area contributed by atoms with Crippen molar-refractivity contribution in [1.29, 1.82) is 0 Å². The number of phenols is 1. The number of halogens is 2. The molecule has 0 unspecified atom stereocenters. The van der Waals surface area contributed by atoms with Gasteiger partial charge in [-0.2, -0.15) is 0 Å². The van der Waals surface area contributed by atoms with Crippen molar-refractivity contribution in [2.45, 2.75) is 11.4 Å². The molecule has 3 aromatic carbocycles. The first-order valence-electron chi connectivity index (χ1n) is 7.69. The molecular weight excluding hydrogens is 393 g/mol. The van der Waals surface area contributed by atoms with Gasteiger partial charge in [0.25, 0.3) is 10.0 Å². The Kier molecular flexibility index (Phi) is 5.41. The largest absolute Gasteiger partial charge is 0.508 e. The first kappa shape index (κ1) is 18.6. The summed E-state index contributed by atoms with van der Waals surface area (Å²) in [5.41, 5.74) is 0.876. The van der Waals surface area contributed by atoms with E-state index in [-0.39, 0.29) is 17.2 Å². The van der Waals surface area contributed by atoms with Crippen LogP contribution in [0.3, 0.4) is 0 Å². The van der Waals surface area contributed by atoms with Gasteiger partial charge in [0.2, 0.25) is 0 Å². The van der Waals surface area contributed by atoms with Crippen LogP contribution in [-0.2, 0) is 16.6 Å². The molecule has 0 aliphatic heterocycles. The summed E-state index contributed by atoms with van der Waals surface area (Å²) in [6.45, 7) is -0.0681. The summed E-state index contributed by atoms with van der Waals surface area (Å²) in [5.74, 6) is -0.0263. The zero-order chi connectivity index (χ0) is 18.7. The predicted molar refractivity (Wildman–Crippen MR) is 104 cm³/mol. The minimum Gasteiger partial charge on any atom is -0.508 e. The van der Waals surface area contributed by atoms with Gasteiger partial charge in [0.05, 0.1) is 17.1 Å². The fourth-order valence-electron chi connectivity index (χ4n) is 2.48. The highest BCUT2D eigenvalue weighted by molar-refractivity contribution is 7.92.